The molecule has 0 bridgehead atoms. The van der Waals surface area contributed by atoms with E-state index in [0.29, 0.717) is 16.3 Å². The standard InChI is InChI=1S/C22H23FN4O2S/c1-3-27(2)9-8-17-18(12-27)30-21(19(17)20(24)28)26-22(29)25-16-7-5-13-10-15(23)6-4-14(13)11-16/h4-7,10-11H,3,8-9,12H2,1-2H3,(H3-,24,25,26,28,29)/p+1. The molecular formula is C22H24FN4O2S+. The summed E-state index contributed by atoms with van der Waals surface area (Å²) in [7, 11) is 2.19. The molecule has 0 saturated carbocycles. The molecule has 1 atom stereocenters. The molecule has 0 saturated heterocycles. The zero-order chi connectivity index (χ0) is 21.5. The number of hydrogen-bond acceptors (Lipinski definition) is 3. The van der Waals surface area contributed by atoms with E-state index in [2.05, 4.69) is 24.6 Å². The number of fused-ring (bicyclic) bond motifs is 2. The molecule has 4 N–H and O–H groups in total. The summed E-state index contributed by atoms with van der Waals surface area (Å²) in [5.41, 5.74) is 7.60. The first kappa shape index (κ1) is 20.3. The molecule has 2 heterocycles. The second-order valence-corrected chi connectivity index (χ2v) is 9.03. The normalized spacial score (nSPS) is 18.1. The molecule has 0 radical (unpaired) electrons. The number of urea groups is 1. The van der Waals surface area contributed by atoms with Gasteiger partial charge in [0, 0.05) is 12.1 Å². The Labute approximate surface area is 178 Å². The van der Waals surface area contributed by atoms with Crippen LogP contribution < -0.4 is 16.4 Å². The van der Waals surface area contributed by atoms with Gasteiger partial charge in [-0.3, -0.25) is 10.1 Å². The molecule has 0 aliphatic carbocycles. The zero-order valence-corrected chi connectivity index (χ0v) is 17.7. The smallest absolute Gasteiger partial charge is 0.324 e. The quantitative estimate of drug-likeness (QED) is 0.542. The SMILES string of the molecule is CC[N+]1(C)CCc2c(sc(NC(=O)Nc3ccc4cc(F)ccc4c3)c2C(N)=O)C1. The summed E-state index contributed by atoms with van der Waals surface area (Å²) in [5, 5.41) is 7.63. The molecule has 1 aromatic heterocycles. The van der Waals surface area contributed by atoms with Crippen molar-refractivity contribution in [3.63, 3.8) is 0 Å². The minimum atomic E-state index is -0.525. The number of likely N-dealkylation sites (N-methyl/N-ethyl adjacent to an activating group) is 1. The van der Waals surface area contributed by atoms with Crippen LogP contribution in [0.5, 0.6) is 0 Å². The van der Waals surface area contributed by atoms with Gasteiger partial charge in [-0.05, 0) is 47.5 Å². The van der Waals surface area contributed by atoms with E-state index in [1.807, 2.05) is 0 Å². The molecule has 3 amide bonds. The van der Waals surface area contributed by atoms with Crippen molar-refractivity contribution in [2.75, 3.05) is 30.8 Å². The number of nitrogens with two attached hydrogens (primary N) is 1. The summed E-state index contributed by atoms with van der Waals surface area (Å²) < 4.78 is 14.2. The maximum Gasteiger partial charge on any atom is 0.324 e. The molecule has 6 nitrogen and oxygen atoms in total. The first-order valence-electron chi connectivity index (χ1n) is 9.83. The number of anilines is 2. The van der Waals surface area contributed by atoms with Crippen molar-refractivity contribution in [2.45, 2.75) is 19.9 Å². The fourth-order valence-corrected chi connectivity index (χ4v) is 5.31. The van der Waals surface area contributed by atoms with Crippen molar-refractivity contribution in [2.24, 2.45) is 5.73 Å². The van der Waals surface area contributed by atoms with Crippen molar-refractivity contribution < 1.29 is 18.5 Å². The van der Waals surface area contributed by atoms with E-state index in [9.17, 15) is 14.0 Å². The van der Waals surface area contributed by atoms with E-state index in [1.165, 1.54) is 23.5 Å². The number of amides is 3. The fourth-order valence-electron chi connectivity index (χ4n) is 3.89. The van der Waals surface area contributed by atoms with E-state index in [-0.39, 0.29) is 5.82 Å². The lowest BCUT2D eigenvalue weighted by Gasteiger charge is -2.36. The number of nitrogens with zero attached hydrogens (tertiary/aromatic N) is 1. The third-order valence-electron chi connectivity index (χ3n) is 5.81. The lowest BCUT2D eigenvalue weighted by molar-refractivity contribution is -0.922. The highest BCUT2D eigenvalue weighted by Crippen LogP contribution is 2.38. The van der Waals surface area contributed by atoms with Gasteiger partial charge in [-0.25, -0.2) is 9.18 Å². The average Bonchev–Trinajstić information content (AvgIpc) is 3.04. The molecule has 1 unspecified atom stereocenters. The predicted octanol–water partition coefficient (Wildman–Crippen LogP) is 4.31. The summed E-state index contributed by atoms with van der Waals surface area (Å²) in [5.74, 6) is -0.831. The number of rotatable bonds is 4. The highest BCUT2D eigenvalue weighted by Gasteiger charge is 2.33. The second-order valence-electron chi connectivity index (χ2n) is 7.92. The van der Waals surface area contributed by atoms with Crippen molar-refractivity contribution in [3.05, 3.63) is 58.2 Å². The van der Waals surface area contributed by atoms with Gasteiger partial charge in [0.15, 0.2) is 0 Å². The van der Waals surface area contributed by atoms with Gasteiger partial charge in [0.2, 0.25) is 0 Å². The molecule has 30 heavy (non-hydrogen) atoms. The van der Waals surface area contributed by atoms with Crippen molar-refractivity contribution in [3.8, 4) is 0 Å². The fraction of sp³-hybridized carbons (Fsp3) is 0.273. The first-order chi connectivity index (χ1) is 14.3. The van der Waals surface area contributed by atoms with Gasteiger partial charge in [0.25, 0.3) is 5.91 Å². The Morgan fingerprint density at radius 3 is 2.63 bits per heavy atom. The molecule has 8 heteroatoms. The maximum atomic E-state index is 13.3. The minimum Gasteiger partial charge on any atom is -0.365 e. The molecule has 2 aromatic carbocycles. The van der Waals surface area contributed by atoms with E-state index in [4.69, 9.17) is 5.73 Å². The van der Waals surface area contributed by atoms with Crippen molar-refractivity contribution >= 4 is 44.7 Å². The van der Waals surface area contributed by atoms with Crippen LogP contribution in [0, 0.1) is 5.82 Å². The summed E-state index contributed by atoms with van der Waals surface area (Å²) in [6.07, 6.45) is 0.763. The molecular weight excluding hydrogens is 403 g/mol. The van der Waals surface area contributed by atoms with Crippen molar-refractivity contribution in [1.82, 2.24) is 0 Å². The van der Waals surface area contributed by atoms with Crippen LogP contribution in [-0.2, 0) is 13.0 Å². The minimum absolute atomic E-state index is 0.306. The van der Waals surface area contributed by atoms with Crippen LogP contribution in [0.4, 0.5) is 19.9 Å². The van der Waals surface area contributed by atoms with E-state index >= 15 is 0 Å². The van der Waals surface area contributed by atoms with Crippen molar-refractivity contribution in [1.29, 1.82) is 0 Å². The van der Waals surface area contributed by atoms with Crippen LogP contribution in [0.3, 0.4) is 0 Å². The van der Waals surface area contributed by atoms with E-state index < -0.39 is 11.9 Å². The Hall–Kier alpha value is -2.97. The summed E-state index contributed by atoms with van der Waals surface area (Å²) in [4.78, 5) is 25.8. The Morgan fingerprint density at radius 2 is 1.90 bits per heavy atom. The lowest BCUT2D eigenvalue weighted by atomic mass is 10.0. The van der Waals surface area contributed by atoms with Crippen LogP contribution in [-0.4, -0.2) is 36.6 Å². The summed E-state index contributed by atoms with van der Waals surface area (Å²) in [6, 6.07) is 9.25. The Morgan fingerprint density at radius 1 is 1.17 bits per heavy atom. The number of benzene rings is 2. The Bertz CT molecular complexity index is 1160. The van der Waals surface area contributed by atoms with Crippen LogP contribution in [0.15, 0.2) is 36.4 Å². The van der Waals surface area contributed by atoms with Crippen LogP contribution >= 0.6 is 11.3 Å². The van der Waals surface area contributed by atoms with Gasteiger partial charge < -0.3 is 15.5 Å². The molecule has 0 fully saturated rings. The molecule has 156 valence electrons. The third kappa shape index (κ3) is 3.88. The van der Waals surface area contributed by atoms with E-state index in [1.54, 1.807) is 24.3 Å². The van der Waals surface area contributed by atoms with Gasteiger partial charge in [-0.2, -0.15) is 0 Å². The largest absolute Gasteiger partial charge is 0.365 e. The van der Waals surface area contributed by atoms with Crippen LogP contribution in [0.25, 0.3) is 10.8 Å². The summed E-state index contributed by atoms with van der Waals surface area (Å²) in [6.45, 7) is 4.90. The number of carbonyl (C=O) groups is 2. The first-order valence-corrected chi connectivity index (χ1v) is 10.6. The van der Waals surface area contributed by atoms with Crippen LogP contribution in [0.2, 0.25) is 0 Å². The highest BCUT2D eigenvalue weighted by atomic mass is 32.1. The number of halogens is 1. The summed E-state index contributed by atoms with van der Waals surface area (Å²) >= 11 is 1.42. The predicted molar refractivity (Wildman–Crippen MR) is 118 cm³/mol. The van der Waals surface area contributed by atoms with Gasteiger partial charge in [0.05, 0.1) is 30.6 Å². The molecule has 3 aromatic rings. The maximum absolute atomic E-state index is 13.3. The van der Waals surface area contributed by atoms with Gasteiger partial charge in [-0.1, -0.05) is 12.1 Å². The van der Waals surface area contributed by atoms with Gasteiger partial charge in [-0.15, -0.1) is 11.3 Å². The topological polar surface area (TPSA) is 84.2 Å². The van der Waals surface area contributed by atoms with Crippen LogP contribution in [0.1, 0.15) is 27.7 Å². The molecule has 4 rings (SSSR count). The molecule has 1 aliphatic heterocycles. The number of thiophene rings is 1. The Balaban J connectivity index is 1.56. The number of primary amides is 1. The number of quaternary nitrogens is 1. The van der Waals surface area contributed by atoms with E-state index in [0.717, 1.165) is 51.8 Å². The number of carbonyl (C=O) groups excluding carboxylic acids is 2. The molecule has 1 aliphatic rings. The lowest BCUT2D eigenvalue weighted by Crippen LogP contribution is -2.47. The third-order valence-corrected chi connectivity index (χ3v) is 6.95. The average molecular weight is 428 g/mol. The zero-order valence-electron chi connectivity index (χ0n) is 16.9. The molecule has 0 spiro atoms. The number of nitrogens with one attached hydrogen (secondary N) is 2. The second kappa shape index (κ2) is 7.70. The number of hydrogen-bond donors (Lipinski definition) is 3. The van der Waals surface area contributed by atoms with Gasteiger partial charge >= 0.3 is 6.03 Å². The van der Waals surface area contributed by atoms with Gasteiger partial charge in [0.1, 0.15) is 17.4 Å². The Kier molecular flexibility index (Phi) is 5.21. The highest BCUT2D eigenvalue weighted by molar-refractivity contribution is 7.17. The monoisotopic (exact) mass is 427 g/mol.